The van der Waals surface area contributed by atoms with Gasteiger partial charge in [0.15, 0.2) is 0 Å². The molecule has 2 heterocycles. The molecular weight excluding hydrogens is 442 g/mol. The first kappa shape index (κ1) is 22.5. The number of Topliss-reactive ketones (excluding diaryl/α,β-unsaturated/α-hetero) is 1. The van der Waals surface area contributed by atoms with Gasteiger partial charge in [-0.2, -0.15) is 5.26 Å². The van der Waals surface area contributed by atoms with E-state index in [2.05, 4.69) is 16.4 Å². The highest BCUT2D eigenvalue weighted by Gasteiger charge is 2.50. The van der Waals surface area contributed by atoms with Crippen LogP contribution in [-0.2, 0) is 9.59 Å². The van der Waals surface area contributed by atoms with Crippen molar-refractivity contribution in [1.82, 2.24) is 15.2 Å². The second-order valence-corrected chi connectivity index (χ2v) is 9.77. The first-order valence-corrected chi connectivity index (χ1v) is 11.9. The Morgan fingerprint density at radius 1 is 1.21 bits per heavy atom. The van der Waals surface area contributed by atoms with Crippen LogP contribution in [0.5, 0.6) is 0 Å². The van der Waals surface area contributed by atoms with Crippen LogP contribution in [-0.4, -0.2) is 46.1 Å². The normalized spacial score (nSPS) is 27.1. The van der Waals surface area contributed by atoms with E-state index in [1.165, 1.54) is 11.0 Å². The number of hydrogen-bond acceptors (Lipinski definition) is 4. The van der Waals surface area contributed by atoms with E-state index in [1.807, 2.05) is 0 Å². The van der Waals surface area contributed by atoms with Crippen LogP contribution in [0.1, 0.15) is 55.4 Å². The predicted octanol–water partition coefficient (Wildman–Crippen LogP) is 3.45. The number of nitrogens with zero attached hydrogens (tertiary/aromatic N) is 2. The molecule has 1 aromatic heterocycles. The minimum atomic E-state index is -0.804. The molecule has 0 bridgehead atoms. The first-order valence-electron chi connectivity index (χ1n) is 11.9. The summed E-state index contributed by atoms with van der Waals surface area (Å²) < 4.78 is 27.8. The van der Waals surface area contributed by atoms with E-state index >= 15 is 0 Å². The number of aromatic amines is 1. The molecule has 1 aliphatic heterocycles. The molecule has 0 unspecified atom stereocenters. The van der Waals surface area contributed by atoms with Gasteiger partial charge in [0.25, 0.3) is 5.91 Å². The Balaban J connectivity index is 1.38. The van der Waals surface area contributed by atoms with E-state index in [1.54, 1.807) is 0 Å². The predicted molar refractivity (Wildman–Crippen MR) is 118 cm³/mol. The Morgan fingerprint density at radius 2 is 2.03 bits per heavy atom. The zero-order valence-corrected chi connectivity index (χ0v) is 18.7. The maximum Gasteiger partial charge on any atom is 0.271 e. The third-order valence-electron chi connectivity index (χ3n) is 7.73. The summed E-state index contributed by atoms with van der Waals surface area (Å²) in [6.45, 7) is 0.395. The second-order valence-electron chi connectivity index (χ2n) is 9.77. The number of halogens is 2. The van der Waals surface area contributed by atoms with Crippen molar-refractivity contribution < 1.29 is 23.2 Å². The number of ketones is 1. The molecule has 34 heavy (non-hydrogen) atoms. The third-order valence-corrected chi connectivity index (χ3v) is 7.73. The molecule has 2 N–H and O–H groups in total. The van der Waals surface area contributed by atoms with Crippen LogP contribution in [0.2, 0.25) is 0 Å². The number of fused-ring (bicyclic) bond motifs is 2. The van der Waals surface area contributed by atoms with Crippen molar-refractivity contribution in [1.29, 1.82) is 5.26 Å². The van der Waals surface area contributed by atoms with E-state index in [0.717, 1.165) is 44.2 Å². The van der Waals surface area contributed by atoms with E-state index in [9.17, 15) is 28.4 Å². The lowest BCUT2D eigenvalue weighted by Crippen LogP contribution is -2.51. The number of carbonyl (C=O) groups is 3. The highest BCUT2D eigenvalue weighted by molar-refractivity contribution is 6.01. The minimum absolute atomic E-state index is 0.0186. The summed E-state index contributed by atoms with van der Waals surface area (Å²) >= 11 is 0. The lowest BCUT2D eigenvalue weighted by atomic mass is 9.92. The zero-order valence-electron chi connectivity index (χ0n) is 18.7. The van der Waals surface area contributed by atoms with Gasteiger partial charge < -0.3 is 15.2 Å². The minimum Gasteiger partial charge on any atom is -0.350 e. The lowest BCUT2D eigenvalue weighted by molar-refractivity contribution is -0.127. The maximum absolute atomic E-state index is 14.2. The van der Waals surface area contributed by atoms with E-state index in [0.29, 0.717) is 13.0 Å². The van der Waals surface area contributed by atoms with Gasteiger partial charge in [-0.25, -0.2) is 8.78 Å². The average molecular weight is 469 g/mol. The molecule has 178 valence electrons. The summed E-state index contributed by atoms with van der Waals surface area (Å²) in [5.74, 6) is -2.29. The highest BCUT2D eigenvalue weighted by Crippen LogP contribution is 2.43. The quantitative estimate of drug-likeness (QED) is 0.701. The van der Waals surface area contributed by atoms with Crippen LogP contribution in [0.3, 0.4) is 0 Å². The van der Waals surface area contributed by atoms with Crippen molar-refractivity contribution in [3.8, 4) is 6.07 Å². The largest absolute Gasteiger partial charge is 0.350 e. The van der Waals surface area contributed by atoms with E-state index < -0.39 is 35.5 Å². The first-order chi connectivity index (χ1) is 16.4. The molecule has 5 rings (SSSR count). The number of nitriles is 1. The zero-order chi connectivity index (χ0) is 24.0. The second kappa shape index (κ2) is 8.82. The van der Waals surface area contributed by atoms with Crippen molar-refractivity contribution >= 4 is 28.5 Å². The summed E-state index contributed by atoms with van der Waals surface area (Å²) in [4.78, 5) is 43.1. The molecule has 2 saturated carbocycles. The van der Waals surface area contributed by atoms with Crippen LogP contribution >= 0.6 is 0 Å². The summed E-state index contributed by atoms with van der Waals surface area (Å²) in [5, 5.41) is 12.5. The van der Waals surface area contributed by atoms with Crippen molar-refractivity contribution in [2.45, 2.75) is 57.0 Å². The van der Waals surface area contributed by atoms with Crippen LogP contribution < -0.4 is 5.32 Å². The number of benzene rings is 1. The summed E-state index contributed by atoms with van der Waals surface area (Å²) in [7, 11) is 0. The van der Waals surface area contributed by atoms with Crippen molar-refractivity contribution in [3.05, 3.63) is 35.5 Å². The fourth-order valence-electron chi connectivity index (χ4n) is 6.10. The number of H-pyrrole nitrogens is 1. The fraction of sp³-hybridized carbons (Fsp3) is 0.520. The van der Waals surface area contributed by atoms with E-state index in [4.69, 9.17) is 0 Å². The fourth-order valence-corrected chi connectivity index (χ4v) is 6.10. The Kier molecular flexibility index (Phi) is 5.84. The Morgan fingerprint density at radius 3 is 2.76 bits per heavy atom. The number of nitrogens with one attached hydrogen (secondary N) is 2. The molecule has 3 fully saturated rings. The van der Waals surface area contributed by atoms with Gasteiger partial charge in [0.1, 0.15) is 35.2 Å². The molecule has 5 atom stereocenters. The third kappa shape index (κ3) is 3.95. The molecule has 1 saturated heterocycles. The molecule has 2 amide bonds. The molecule has 2 aromatic rings. The van der Waals surface area contributed by atoms with Gasteiger partial charge in [-0.3, -0.25) is 14.4 Å². The van der Waals surface area contributed by atoms with Gasteiger partial charge in [0.05, 0.1) is 11.6 Å². The summed E-state index contributed by atoms with van der Waals surface area (Å²) in [5.41, 5.74) is 0.262. The summed E-state index contributed by atoms with van der Waals surface area (Å²) in [6.07, 6.45) is 5.00. The van der Waals surface area contributed by atoms with Gasteiger partial charge >= 0.3 is 0 Å². The highest BCUT2D eigenvalue weighted by atomic mass is 19.1. The van der Waals surface area contributed by atoms with Gasteiger partial charge in [-0.15, -0.1) is 0 Å². The topological polar surface area (TPSA) is 106 Å². The Labute approximate surface area is 195 Å². The molecular formula is C25H26F2N4O3. The molecule has 2 aliphatic carbocycles. The average Bonchev–Trinajstić information content (AvgIpc) is 3.56. The standard InChI is InChI=1S/C25H26F2N4O3/c26-15-8-19(27)18-10-21(30-20(18)9-15)25(34)31-12-14-4-1-5-17(14)23(31)24(33)29-16(11-28)7-13-3-2-6-22(13)32/h8-10,13-14,16-17,23,30H,1-7,12H2,(H,29,33)/t13-,14-,16-,17-,23-/m0/s1. The van der Waals surface area contributed by atoms with Gasteiger partial charge in [-0.1, -0.05) is 6.42 Å². The molecule has 0 radical (unpaired) electrons. The Bertz CT molecular complexity index is 1200. The molecule has 0 spiro atoms. The monoisotopic (exact) mass is 468 g/mol. The molecule has 1 aromatic carbocycles. The molecule has 9 heteroatoms. The molecule has 3 aliphatic rings. The van der Waals surface area contributed by atoms with Gasteiger partial charge in [0.2, 0.25) is 5.91 Å². The van der Waals surface area contributed by atoms with Crippen LogP contribution in [0.25, 0.3) is 10.9 Å². The van der Waals surface area contributed by atoms with Crippen LogP contribution in [0.4, 0.5) is 8.78 Å². The van der Waals surface area contributed by atoms with Gasteiger partial charge in [-0.05, 0) is 56.1 Å². The van der Waals surface area contributed by atoms with Gasteiger partial charge in [0, 0.05) is 30.3 Å². The number of rotatable bonds is 5. The van der Waals surface area contributed by atoms with Crippen molar-refractivity contribution in [3.63, 3.8) is 0 Å². The maximum atomic E-state index is 14.2. The number of hydrogen-bond donors (Lipinski definition) is 2. The number of carbonyl (C=O) groups excluding carboxylic acids is 3. The lowest BCUT2D eigenvalue weighted by Gasteiger charge is -2.28. The SMILES string of the molecule is N#C[C@H](C[C@@H]1CCCC1=O)NC(=O)[C@@H]1[C@H]2CCC[C@H]2CN1C(=O)c1cc2c(F)cc(F)cc2[nH]1. The Hall–Kier alpha value is -3.28. The van der Waals surface area contributed by atoms with Crippen LogP contribution in [0.15, 0.2) is 18.2 Å². The summed E-state index contributed by atoms with van der Waals surface area (Å²) in [6, 6.07) is 3.78. The van der Waals surface area contributed by atoms with Crippen LogP contribution in [0, 0.1) is 40.7 Å². The van der Waals surface area contributed by atoms with Crippen molar-refractivity contribution in [2.75, 3.05) is 6.54 Å². The van der Waals surface area contributed by atoms with E-state index in [-0.39, 0.29) is 46.6 Å². The van der Waals surface area contributed by atoms with Crippen molar-refractivity contribution in [2.24, 2.45) is 17.8 Å². The number of aromatic nitrogens is 1. The number of likely N-dealkylation sites (tertiary alicyclic amines) is 1. The molecule has 7 nitrogen and oxygen atoms in total. The number of amides is 2. The smallest absolute Gasteiger partial charge is 0.271 e.